The molecule has 0 aliphatic carbocycles. The maximum Gasteiger partial charge on any atom is 0.338 e. The third-order valence-corrected chi connectivity index (χ3v) is 8.89. The number of hydrogen-bond donors (Lipinski definition) is 0. The van der Waals surface area contributed by atoms with Gasteiger partial charge in [-0.05, 0) is 70.7 Å². The van der Waals surface area contributed by atoms with Gasteiger partial charge >= 0.3 is 11.9 Å². The molecule has 4 aromatic rings. The fraction of sp³-hybridized carbons (Fsp3) is 0.312. The Labute approximate surface area is 252 Å². The Kier molecular flexibility index (Phi) is 8.56. The summed E-state index contributed by atoms with van der Waals surface area (Å²) in [7, 11) is 0. The summed E-state index contributed by atoms with van der Waals surface area (Å²) in [5.41, 5.74) is 3.99. The number of aromatic nitrogens is 2. The Morgan fingerprint density at radius 1 is 1.12 bits per heavy atom. The van der Waals surface area contributed by atoms with Crippen molar-refractivity contribution in [2.24, 2.45) is 4.99 Å². The Balaban J connectivity index is 1.71. The number of hydrogen-bond acceptors (Lipinski definition) is 8. The first-order valence-electron chi connectivity index (χ1n) is 13.8. The van der Waals surface area contributed by atoms with Gasteiger partial charge in [-0.2, -0.15) is 0 Å². The van der Waals surface area contributed by atoms with E-state index in [0.717, 1.165) is 32.6 Å². The second-order valence-corrected chi connectivity index (χ2v) is 12.1. The van der Waals surface area contributed by atoms with Crippen LogP contribution >= 0.6 is 23.1 Å². The van der Waals surface area contributed by atoms with Crippen LogP contribution in [0.4, 0.5) is 0 Å². The van der Waals surface area contributed by atoms with Crippen LogP contribution in [-0.4, -0.2) is 40.0 Å². The van der Waals surface area contributed by atoms with Crippen molar-refractivity contribution in [3.05, 3.63) is 96.3 Å². The maximum atomic E-state index is 14.2. The number of benzene rings is 2. The minimum Gasteiger partial charge on any atom is -0.465 e. The van der Waals surface area contributed by atoms with Crippen molar-refractivity contribution < 1.29 is 19.1 Å². The largest absolute Gasteiger partial charge is 0.465 e. The molecule has 1 aliphatic heterocycles. The highest BCUT2D eigenvalue weighted by Gasteiger charge is 2.34. The SMILES string of the molecule is CCOC(=O)Cn1c(C)c(/C=c2\sc3n(c2=O)[C@@H](c2ccc(SC)cc2)C(C(=O)OC(C)C)=C(C)N=3)c2ccccc21. The molecule has 8 nitrogen and oxygen atoms in total. The Morgan fingerprint density at radius 3 is 2.50 bits per heavy atom. The number of thiazole rings is 1. The number of allylic oxidation sites excluding steroid dienone is 1. The highest BCUT2D eigenvalue weighted by molar-refractivity contribution is 7.98. The molecule has 0 saturated carbocycles. The van der Waals surface area contributed by atoms with Crippen molar-refractivity contribution in [2.75, 3.05) is 12.9 Å². The summed E-state index contributed by atoms with van der Waals surface area (Å²) in [5.74, 6) is -0.812. The van der Waals surface area contributed by atoms with E-state index in [1.165, 1.54) is 11.3 Å². The molecule has 10 heteroatoms. The topological polar surface area (TPSA) is 91.9 Å². The number of thioether (sulfide) groups is 1. The molecule has 0 fully saturated rings. The number of carbonyl (C=O) groups is 2. The third kappa shape index (κ3) is 5.48. The molecule has 0 radical (unpaired) electrons. The molecule has 3 heterocycles. The maximum absolute atomic E-state index is 14.2. The summed E-state index contributed by atoms with van der Waals surface area (Å²) in [6.45, 7) is 9.47. The summed E-state index contributed by atoms with van der Waals surface area (Å²) in [5, 5.41) is 0.923. The zero-order valence-electron chi connectivity index (χ0n) is 24.5. The molecule has 0 bridgehead atoms. The third-order valence-electron chi connectivity index (χ3n) is 7.16. The van der Waals surface area contributed by atoms with E-state index in [-0.39, 0.29) is 24.2 Å². The van der Waals surface area contributed by atoms with Crippen molar-refractivity contribution in [1.29, 1.82) is 0 Å². The average Bonchev–Trinajstić information content (AvgIpc) is 3.40. The summed E-state index contributed by atoms with van der Waals surface area (Å²) in [4.78, 5) is 46.2. The van der Waals surface area contributed by atoms with Crippen molar-refractivity contribution in [1.82, 2.24) is 9.13 Å². The molecule has 2 aromatic carbocycles. The van der Waals surface area contributed by atoms with E-state index in [0.29, 0.717) is 27.2 Å². The van der Waals surface area contributed by atoms with Crippen LogP contribution in [0.5, 0.6) is 0 Å². The number of ether oxygens (including phenoxy) is 2. The van der Waals surface area contributed by atoms with Crippen LogP contribution in [-0.2, 0) is 25.6 Å². The van der Waals surface area contributed by atoms with Gasteiger partial charge in [-0.1, -0.05) is 41.7 Å². The lowest BCUT2D eigenvalue weighted by atomic mass is 9.96. The molecule has 2 aromatic heterocycles. The lowest BCUT2D eigenvalue weighted by Crippen LogP contribution is -2.40. The normalized spacial score (nSPS) is 15.2. The minimum absolute atomic E-state index is 0.0713. The number of nitrogens with zero attached hydrogens (tertiary/aromatic N) is 3. The van der Waals surface area contributed by atoms with Gasteiger partial charge in [-0.25, -0.2) is 9.79 Å². The zero-order chi connectivity index (χ0) is 30.1. The lowest BCUT2D eigenvalue weighted by Gasteiger charge is -2.25. The van der Waals surface area contributed by atoms with Gasteiger partial charge < -0.3 is 14.0 Å². The first-order valence-corrected chi connectivity index (χ1v) is 15.8. The van der Waals surface area contributed by atoms with Gasteiger partial charge in [0.05, 0.1) is 34.6 Å². The van der Waals surface area contributed by atoms with Crippen molar-refractivity contribution in [3.8, 4) is 0 Å². The molecule has 5 rings (SSSR count). The van der Waals surface area contributed by atoms with Gasteiger partial charge in [-0.3, -0.25) is 14.2 Å². The van der Waals surface area contributed by atoms with Gasteiger partial charge in [0, 0.05) is 27.1 Å². The predicted molar refractivity (Wildman–Crippen MR) is 167 cm³/mol. The molecule has 0 amide bonds. The van der Waals surface area contributed by atoms with E-state index in [4.69, 9.17) is 14.5 Å². The van der Waals surface area contributed by atoms with Gasteiger partial charge in [0.1, 0.15) is 6.54 Å². The van der Waals surface area contributed by atoms with Crippen molar-refractivity contribution >= 4 is 52.0 Å². The predicted octanol–water partition coefficient (Wildman–Crippen LogP) is 4.73. The minimum atomic E-state index is -0.684. The van der Waals surface area contributed by atoms with Gasteiger partial charge in [0.15, 0.2) is 4.80 Å². The van der Waals surface area contributed by atoms with E-state index in [9.17, 15) is 14.4 Å². The number of fused-ring (bicyclic) bond motifs is 2. The van der Waals surface area contributed by atoms with Crippen molar-refractivity contribution in [3.63, 3.8) is 0 Å². The summed E-state index contributed by atoms with van der Waals surface area (Å²) >= 11 is 2.90. The van der Waals surface area contributed by atoms with Crippen LogP contribution < -0.4 is 14.9 Å². The van der Waals surface area contributed by atoms with E-state index >= 15 is 0 Å². The average molecular weight is 604 g/mol. The summed E-state index contributed by atoms with van der Waals surface area (Å²) < 4.78 is 14.8. The smallest absolute Gasteiger partial charge is 0.338 e. The molecule has 1 aliphatic rings. The standard InChI is InChI=1S/C32H33N3O5S2/c1-7-39-27(36)17-34-20(5)24(23-10-8-9-11-25(23)34)16-26-30(37)35-29(21-12-14-22(41-6)15-13-21)28(31(38)40-18(2)3)19(4)33-32(35)42-26/h8-16,18,29H,7,17H2,1-6H3/b26-16-/t29-/m0/s1. The lowest BCUT2D eigenvalue weighted by molar-refractivity contribution is -0.144. The van der Waals surface area contributed by atoms with E-state index in [1.807, 2.05) is 72.4 Å². The molecule has 0 saturated heterocycles. The molecular formula is C32H33N3O5S2. The Hall–Kier alpha value is -3.89. The van der Waals surface area contributed by atoms with Crippen LogP contribution in [0, 0.1) is 6.92 Å². The van der Waals surface area contributed by atoms with E-state index in [1.54, 1.807) is 44.0 Å². The molecular weight excluding hydrogens is 571 g/mol. The molecule has 42 heavy (non-hydrogen) atoms. The first kappa shape index (κ1) is 29.6. The van der Waals surface area contributed by atoms with Gasteiger partial charge in [0.2, 0.25) is 0 Å². The molecule has 0 N–H and O–H groups in total. The summed E-state index contributed by atoms with van der Waals surface area (Å²) in [6.07, 6.45) is 3.54. The highest BCUT2D eigenvalue weighted by atomic mass is 32.2. The Bertz CT molecular complexity index is 1890. The fourth-order valence-electron chi connectivity index (χ4n) is 5.27. The molecule has 218 valence electrons. The monoisotopic (exact) mass is 603 g/mol. The second kappa shape index (κ2) is 12.1. The van der Waals surface area contributed by atoms with Crippen LogP contribution in [0.25, 0.3) is 17.0 Å². The number of para-hydroxylation sites is 1. The molecule has 0 unspecified atom stereocenters. The molecule has 0 spiro atoms. The molecule has 1 atom stereocenters. The van der Waals surface area contributed by atoms with Gasteiger partial charge in [-0.15, -0.1) is 11.8 Å². The fourth-order valence-corrected chi connectivity index (χ4v) is 6.71. The van der Waals surface area contributed by atoms with E-state index < -0.39 is 12.0 Å². The van der Waals surface area contributed by atoms with Crippen LogP contribution in [0.1, 0.15) is 50.6 Å². The quantitative estimate of drug-likeness (QED) is 0.214. The number of carbonyl (C=O) groups excluding carboxylic acids is 2. The van der Waals surface area contributed by atoms with Crippen LogP contribution in [0.2, 0.25) is 0 Å². The zero-order valence-corrected chi connectivity index (χ0v) is 26.1. The van der Waals surface area contributed by atoms with Crippen molar-refractivity contribution in [2.45, 2.75) is 58.2 Å². The first-order chi connectivity index (χ1) is 20.1. The van der Waals surface area contributed by atoms with Crippen LogP contribution in [0.15, 0.2) is 74.5 Å². The van der Waals surface area contributed by atoms with Gasteiger partial charge in [0.25, 0.3) is 5.56 Å². The number of esters is 2. The van der Waals surface area contributed by atoms with E-state index in [2.05, 4.69) is 0 Å². The number of rotatable bonds is 8. The summed E-state index contributed by atoms with van der Waals surface area (Å²) in [6, 6.07) is 15.0. The van der Waals surface area contributed by atoms with Crippen LogP contribution in [0.3, 0.4) is 0 Å². The highest BCUT2D eigenvalue weighted by Crippen LogP contribution is 2.32. The second-order valence-electron chi connectivity index (χ2n) is 10.2. The Morgan fingerprint density at radius 2 is 1.83 bits per heavy atom.